The summed E-state index contributed by atoms with van der Waals surface area (Å²) in [7, 11) is 0. The fourth-order valence-corrected chi connectivity index (χ4v) is 5.91. The van der Waals surface area contributed by atoms with Crippen molar-refractivity contribution in [2.75, 3.05) is 49.5 Å². The number of aryl methyl sites for hydroxylation is 1. The van der Waals surface area contributed by atoms with Crippen molar-refractivity contribution in [3.8, 4) is 0 Å². The van der Waals surface area contributed by atoms with Gasteiger partial charge in [-0.1, -0.05) is 18.2 Å². The SMILES string of the molecule is CCOC(=O)N1CCN(CC2Cc3cccc(N4C(=O)c5c(Nc6ccc(C)nc6)cccc54)c3C2)CC1. The monoisotopic (exact) mass is 511 g/mol. The van der Waals surface area contributed by atoms with E-state index in [-0.39, 0.29) is 12.0 Å². The number of anilines is 4. The van der Waals surface area contributed by atoms with Crippen molar-refractivity contribution < 1.29 is 14.3 Å². The molecule has 2 amide bonds. The third-order valence-electron chi connectivity index (χ3n) is 7.80. The molecule has 0 spiro atoms. The highest BCUT2D eigenvalue weighted by molar-refractivity contribution is 6.27. The molecule has 1 unspecified atom stereocenters. The Kier molecular flexibility index (Phi) is 6.49. The smallest absolute Gasteiger partial charge is 0.409 e. The van der Waals surface area contributed by atoms with E-state index in [0.29, 0.717) is 25.6 Å². The van der Waals surface area contributed by atoms with E-state index in [4.69, 9.17) is 4.74 Å². The number of pyridine rings is 1. The molecule has 8 nitrogen and oxygen atoms in total. The predicted octanol–water partition coefficient (Wildman–Crippen LogP) is 4.91. The zero-order chi connectivity index (χ0) is 26.2. The van der Waals surface area contributed by atoms with Gasteiger partial charge in [-0.15, -0.1) is 0 Å². The van der Waals surface area contributed by atoms with Gasteiger partial charge in [-0.25, -0.2) is 4.79 Å². The van der Waals surface area contributed by atoms with Crippen molar-refractivity contribution in [1.29, 1.82) is 0 Å². The van der Waals surface area contributed by atoms with E-state index in [1.54, 1.807) is 11.1 Å². The first-order valence-electron chi connectivity index (χ1n) is 13.4. The lowest BCUT2D eigenvalue weighted by atomic mass is 9.96. The Morgan fingerprint density at radius 1 is 1.03 bits per heavy atom. The van der Waals surface area contributed by atoms with Crippen LogP contribution in [0.2, 0.25) is 0 Å². The number of carbonyl (C=O) groups is 2. The number of hydrogen-bond acceptors (Lipinski definition) is 6. The van der Waals surface area contributed by atoms with E-state index in [1.165, 1.54) is 11.1 Å². The number of fused-ring (bicyclic) bond motifs is 2. The predicted molar refractivity (Wildman–Crippen MR) is 148 cm³/mol. The third-order valence-corrected chi connectivity index (χ3v) is 7.80. The molecule has 3 aliphatic rings. The summed E-state index contributed by atoms with van der Waals surface area (Å²) >= 11 is 0. The van der Waals surface area contributed by atoms with Crippen LogP contribution in [0.15, 0.2) is 54.7 Å². The van der Waals surface area contributed by atoms with Gasteiger partial charge >= 0.3 is 6.09 Å². The Hall–Kier alpha value is -3.91. The average Bonchev–Trinajstić information content (AvgIpc) is 3.33. The number of carbonyl (C=O) groups excluding carboxylic acids is 2. The van der Waals surface area contributed by atoms with Crippen molar-refractivity contribution in [1.82, 2.24) is 14.8 Å². The molecule has 0 saturated carbocycles. The van der Waals surface area contributed by atoms with Gasteiger partial charge in [0.15, 0.2) is 0 Å². The lowest BCUT2D eigenvalue weighted by Crippen LogP contribution is -2.50. The van der Waals surface area contributed by atoms with Crippen LogP contribution >= 0.6 is 0 Å². The van der Waals surface area contributed by atoms with Gasteiger partial charge < -0.3 is 15.0 Å². The van der Waals surface area contributed by atoms with Crippen LogP contribution in [0.1, 0.15) is 34.1 Å². The van der Waals surface area contributed by atoms with Crippen LogP contribution in [0.5, 0.6) is 0 Å². The third kappa shape index (κ3) is 4.49. The molecular weight excluding hydrogens is 478 g/mol. The fraction of sp³-hybridized carbons (Fsp3) is 0.367. The zero-order valence-electron chi connectivity index (χ0n) is 21.9. The second-order valence-electron chi connectivity index (χ2n) is 10.3. The number of piperazine rings is 1. The van der Waals surface area contributed by atoms with E-state index < -0.39 is 0 Å². The van der Waals surface area contributed by atoms with Crippen LogP contribution < -0.4 is 10.2 Å². The minimum atomic E-state index is -0.210. The maximum absolute atomic E-state index is 13.5. The maximum Gasteiger partial charge on any atom is 0.409 e. The lowest BCUT2D eigenvalue weighted by Gasteiger charge is -2.36. The van der Waals surface area contributed by atoms with E-state index in [1.807, 2.05) is 49.1 Å². The molecule has 1 aliphatic carbocycles. The molecule has 1 saturated heterocycles. The number of ether oxygens (including phenoxy) is 1. The molecule has 2 aliphatic heterocycles. The summed E-state index contributed by atoms with van der Waals surface area (Å²) in [5.74, 6) is 0.522. The molecule has 1 atom stereocenters. The Balaban J connectivity index is 1.15. The summed E-state index contributed by atoms with van der Waals surface area (Å²) in [5, 5.41) is 3.37. The second kappa shape index (κ2) is 10.1. The highest BCUT2D eigenvalue weighted by Gasteiger charge is 2.39. The van der Waals surface area contributed by atoms with Gasteiger partial charge in [-0.3, -0.25) is 19.6 Å². The largest absolute Gasteiger partial charge is 0.450 e. The standard InChI is InChI=1S/C30H33N5O3/c1-3-38-30(37)34-14-12-33(13-15-34)19-21-16-22-6-4-8-26(24(22)17-21)35-27-9-5-7-25(28(27)29(35)36)32-23-11-10-20(2)31-18-23/h4-11,18,21,32H,3,12-17,19H2,1-2H3. The summed E-state index contributed by atoms with van der Waals surface area (Å²) in [6.45, 7) is 8.34. The normalized spacial score (nSPS) is 18.6. The molecule has 0 bridgehead atoms. The van der Waals surface area contributed by atoms with Crippen LogP contribution in [0, 0.1) is 12.8 Å². The molecule has 1 N–H and O–H groups in total. The first kappa shape index (κ1) is 24.4. The zero-order valence-corrected chi connectivity index (χ0v) is 21.9. The molecule has 2 aromatic carbocycles. The number of rotatable bonds is 6. The Morgan fingerprint density at radius 2 is 1.82 bits per heavy atom. The van der Waals surface area contributed by atoms with E-state index in [0.717, 1.165) is 66.5 Å². The van der Waals surface area contributed by atoms with Crippen molar-refractivity contribution in [3.05, 3.63) is 77.1 Å². The molecule has 0 radical (unpaired) electrons. The molecule has 38 heavy (non-hydrogen) atoms. The van der Waals surface area contributed by atoms with Crippen molar-refractivity contribution in [2.24, 2.45) is 5.92 Å². The number of nitrogens with one attached hydrogen (secondary N) is 1. The Morgan fingerprint density at radius 3 is 2.58 bits per heavy atom. The Bertz CT molecular complexity index is 1360. The summed E-state index contributed by atoms with van der Waals surface area (Å²) in [6.07, 6.45) is 3.54. The number of amides is 2. The van der Waals surface area contributed by atoms with E-state index in [2.05, 4.69) is 33.4 Å². The molecule has 8 heteroatoms. The maximum atomic E-state index is 13.5. The number of benzene rings is 2. The van der Waals surface area contributed by atoms with E-state index in [9.17, 15) is 9.59 Å². The molecular formula is C30H33N5O3. The quantitative estimate of drug-likeness (QED) is 0.507. The van der Waals surface area contributed by atoms with Crippen LogP contribution in [0.3, 0.4) is 0 Å². The van der Waals surface area contributed by atoms with Gasteiger partial charge in [-0.2, -0.15) is 0 Å². The molecule has 3 heterocycles. The lowest BCUT2D eigenvalue weighted by molar-refractivity contribution is 0.0756. The van der Waals surface area contributed by atoms with Crippen molar-refractivity contribution in [2.45, 2.75) is 26.7 Å². The number of aromatic nitrogens is 1. The first-order chi connectivity index (χ1) is 18.5. The van der Waals surface area contributed by atoms with Gasteiger partial charge in [0, 0.05) is 38.4 Å². The van der Waals surface area contributed by atoms with Gasteiger partial charge in [0.25, 0.3) is 5.91 Å². The molecule has 6 rings (SSSR count). The Labute approximate surface area is 223 Å². The van der Waals surface area contributed by atoms with Gasteiger partial charge in [0.05, 0.1) is 41.1 Å². The highest BCUT2D eigenvalue weighted by atomic mass is 16.6. The molecule has 3 aromatic rings. The minimum Gasteiger partial charge on any atom is -0.450 e. The molecule has 1 fully saturated rings. The van der Waals surface area contributed by atoms with Gasteiger partial charge in [0.1, 0.15) is 0 Å². The average molecular weight is 512 g/mol. The summed E-state index contributed by atoms with van der Waals surface area (Å²) in [4.78, 5) is 36.0. The summed E-state index contributed by atoms with van der Waals surface area (Å²) in [6, 6.07) is 16.2. The van der Waals surface area contributed by atoms with Gasteiger partial charge in [-0.05, 0) is 74.1 Å². The molecule has 1 aromatic heterocycles. The summed E-state index contributed by atoms with van der Waals surface area (Å²) in [5.41, 5.74) is 7.90. The first-order valence-corrected chi connectivity index (χ1v) is 13.4. The van der Waals surface area contributed by atoms with Crippen LogP contribution in [-0.2, 0) is 17.6 Å². The minimum absolute atomic E-state index is 0.0232. The van der Waals surface area contributed by atoms with Crippen LogP contribution in [-0.4, -0.2) is 66.1 Å². The topological polar surface area (TPSA) is 78.0 Å². The van der Waals surface area contributed by atoms with Gasteiger partial charge in [0.2, 0.25) is 0 Å². The fourth-order valence-electron chi connectivity index (χ4n) is 5.91. The van der Waals surface area contributed by atoms with Crippen molar-refractivity contribution in [3.63, 3.8) is 0 Å². The summed E-state index contributed by atoms with van der Waals surface area (Å²) < 4.78 is 5.15. The highest BCUT2D eigenvalue weighted by Crippen LogP contribution is 2.47. The number of hydrogen-bond donors (Lipinski definition) is 1. The second-order valence-corrected chi connectivity index (χ2v) is 10.3. The van der Waals surface area contributed by atoms with Crippen molar-refractivity contribution >= 4 is 34.7 Å². The van der Waals surface area contributed by atoms with Crippen LogP contribution in [0.25, 0.3) is 0 Å². The van der Waals surface area contributed by atoms with E-state index >= 15 is 0 Å². The number of nitrogens with zero attached hydrogens (tertiary/aromatic N) is 4. The molecule has 196 valence electrons. The van der Waals surface area contributed by atoms with Crippen LogP contribution in [0.4, 0.5) is 27.5 Å².